The number of carbonyl (C=O) groups excluding carboxylic acids is 1. The quantitative estimate of drug-likeness (QED) is 0.534. The molecule has 2 aromatic rings. The van der Waals surface area contributed by atoms with Crippen molar-refractivity contribution >= 4 is 11.9 Å². The Bertz CT molecular complexity index is 703. The predicted octanol–water partition coefficient (Wildman–Crippen LogP) is 5.23. The molecule has 0 bridgehead atoms. The first-order valence-electron chi connectivity index (χ1n) is 8.40. The molecule has 126 valence electrons. The number of ketones is 1. The van der Waals surface area contributed by atoms with Crippen molar-refractivity contribution in [2.45, 2.75) is 33.1 Å². The summed E-state index contributed by atoms with van der Waals surface area (Å²) in [4.78, 5) is 12.6. The van der Waals surface area contributed by atoms with Crippen molar-refractivity contribution in [2.75, 3.05) is 6.61 Å². The number of unbranched alkanes of at least 4 members (excludes halogenated alkanes) is 2. The van der Waals surface area contributed by atoms with Crippen molar-refractivity contribution in [3.63, 3.8) is 0 Å². The van der Waals surface area contributed by atoms with E-state index in [4.69, 9.17) is 4.74 Å². The standard InChI is InChI=1S/C21H24O3/c1-3-5-9-15-24-21-17(10-4-2)13-14-18(20(21)23)19(22)16-11-7-6-8-12-16/h4,6-8,10-14,23H,3,5,9,15H2,1-2H3. The smallest absolute Gasteiger partial charge is 0.196 e. The molecule has 24 heavy (non-hydrogen) atoms. The van der Waals surface area contributed by atoms with Crippen LogP contribution < -0.4 is 4.74 Å². The molecule has 0 radical (unpaired) electrons. The summed E-state index contributed by atoms with van der Waals surface area (Å²) in [6.07, 6.45) is 6.84. The highest BCUT2D eigenvalue weighted by Crippen LogP contribution is 2.36. The fourth-order valence-electron chi connectivity index (χ4n) is 2.50. The molecule has 0 saturated heterocycles. The number of benzene rings is 2. The van der Waals surface area contributed by atoms with Crippen LogP contribution in [0.25, 0.3) is 6.08 Å². The highest BCUT2D eigenvalue weighted by atomic mass is 16.5. The number of ether oxygens (including phenoxy) is 1. The van der Waals surface area contributed by atoms with Crippen LogP contribution in [0.2, 0.25) is 0 Å². The van der Waals surface area contributed by atoms with E-state index in [2.05, 4.69) is 6.92 Å². The van der Waals surface area contributed by atoms with E-state index in [0.717, 1.165) is 24.8 Å². The zero-order chi connectivity index (χ0) is 17.4. The molecule has 0 heterocycles. The Hall–Kier alpha value is -2.55. The first-order chi connectivity index (χ1) is 11.7. The van der Waals surface area contributed by atoms with Crippen LogP contribution in [0.15, 0.2) is 48.5 Å². The van der Waals surface area contributed by atoms with Crippen molar-refractivity contribution in [1.82, 2.24) is 0 Å². The summed E-state index contributed by atoms with van der Waals surface area (Å²) >= 11 is 0. The van der Waals surface area contributed by atoms with Crippen LogP contribution in [-0.2, 0) is 0 Å². The number of phenols is 1. The fourth-order valence-corrected chi connectivity index (χ4v) is 2.50. The topological polar surface area (TPSA) is 46.5 Å². The van der Waals surface area contributed by atoms with E-state index in [0.29, 0.717) is 17.9 Å². The minimum absolute atomic E-state index is 0.0871. The number of allylic oxidation sites excluding steroid dienone is 1. The van der Waals surface area contributed by atoms with E-state index in [9.17, 15) is 9.90 Å². The molecule has 3 nitrogen and oxygen atoms in total. The van der Waals surface area contributed by atoms with E-state index in [1.807, 2.05) is 31.2 Å². The molecule has 1 N–H and O–H groups in total. The van der Waals surface area contributed by atoms with Gasteiger partial charge in [0.25, 0.3) is 0 Å². The Morgan fingerprint density at radius 3 is 2.54 bits per heavy atom. The van der Waals surface area contributed by atoms with Gasteiger partial charge in [-0.1, -0.05) is 68.3 Å². The van der Waals surface area contributed by atoms with Crippen LogP contribution in [0.1, 0.15) is 54.6 Å². The molecule has 0 aliphatic rings. The molecule has 2 rings (SSSR count). The molecular formula is C21H24O3. The van der Waals surface area contributed by atoms with Crippen molar-refractivity contribution < 1.29 is 14.6 Å². The van der Waals surface area contributed by atoms with Gasteiger partial charge in [-0.05, 0) is 19.4 Å². The number of hydrogen-bond acceptors (Lipinski definition) is 3. The fraction of sp³-hybridized carbons (Fsp3) is 0.286. The maximum atomic E-state index is 12.6. The zero-order valence-electron chi connectivity index (χ0n) is 14.3. The van der Waals surface area contributed by atoms with Crippen LogP contribution in [0.5, 0.6) is 11.5 Å². The number of rotatable bonds is 8. The summed E-state index contributed by atoms with van der Waals surface area (Å²) in [5.74, 6) is 0.0838. The molecule has 0 spiro atoms. The molecule has 0 aliphatic carbocycles. The average molecular weight is 324 g/mol. The largest absolute Gasteiger partial charge is 0.504 e. The molecule has 0 saturated carbocycles. The average Bonchev–Trinajstić information content (AvgIpc) is 2.61. The van der Waals surface area contributed by atoms with E-state index >= 15 is 0 Å². The third-order valence-corrected chi connectivity index (χ3v) is 3.78. The second kappa shape index (κ2) is 8.92. The Morgan fingerprint density at radius 1 is 1.12 bits per heavy atom. The molecule has 0 fully saturated rings. The van der Waals surface area contributed by atoms with Crippen LogP contribution in [0, 0.1) is 0 Å². The molecule has 3 heteroatoms. The lowest BCUT2D eigenvalue weighted by Crippen LogP contribution is -2.05. The minimum atomic E-state index is -0.210. The molecule has 0 amide bonds. The first kappa shape index (κ1) is 17.8. The van der Waals surface area contributed by atoms with Gasteiger partial charge in [0.2, 0.25) is 0 Å². The summed E-state index contributed by atoms with van der Waals surface area (Å²) in [5, 5.41) is 10.6. The van der Waals surface area contributed by atoms with Gasteiger partial charge in [0, 0.05) is 11.1 Å². The Kier molecular flexibility index (Phi) is 6.62. The molecule has 0 aromatic heterocycles. The Balaban J connectivity index is 2.34. The Labute approximate surface area is 143 Å². The van der Waals surface area contributed by atoms with Gasteiger partial charge in [-0.2, -0.15) is 0 Å². The summed E-state index contributed by atoms with van der Waals surface area (Å²) < 4.78 is 5.80. The van der Waals surface area contributed by atoms with E-state index in [1.165, 1.54) is 0 Å². The van der Waals surface area contributed by atoms with Crippen LogP contribution in [-0.4, -0.2) is 17.5 Å². The van der Waals surface area contributed by atoms with Gasteiger partial charge in [0.15, 0.2) is 17.3 Å². The lowest BCUT2D eigenvalue weighted by molar-refractivity contribution is 0.103. The van der Waals surface area contributed by atoms with Gasteiger partial charge in [-0.15, -0.1) is 0 Å². The number of hydrogen-bond donors (Lipinski definition) is 1. The molecule has 0 atom stereocenters. The maximum absolute atomic E-state index is 12.6. The van der Waals surface area contributed by atoms with Gasteiger partial charge >= 0.3 is 0 Å². The monoisotopic (exact) mass is 324 g/mol. The van der Waals surface area contributed by atoms with E-state index < -0.39 is 0 Å². The molecule has 0 aliphatic heterocycles. The highest BCUT2D eigenvalue weighted by molar-refractivity contribution is 6.11. The lowest BCUT2D eigenvalue weighted by Gasteiger charge is -2.14. The number of phenolic OH excluding ortho intramolecular Hbond substituents is 1. The third kappa shape index (κ3) is 4.25. The van der Waals surface area contributed by atoms with Gasteiger partial charge < -0.3 is 9.84 Å². The third-order valence-electron chi connectivity index (χ3n) is 3.78. The van der Waals surface area contributed by atoms with Crippen LogP contribution >= 0.6 is 0 Å². The zero-order valence-corrected chi connectivity index (χ0v) is 14.3. The van der Waals surface area contributed by atoms with Gasteiger partial charge in [-0.3, -0.25) is 4.79 Å². The van der Waals surface area contributed by atoms with E-state index in [1.54, 1.807) is 30.3 Å². The lowest BCUT2D eigenvalue weighted by atomic mass is 10.00. The molecular weight excluding hydrogens is 300 g/mol. The Morgan fingerprint density at radius 2 is 1.88 bits per heavy atom. The number of carbonyl (C=O) groups is 1. The molecule has 0 unspecified atom stereocenters. The summed E-state index contributed by atoms with van der Waals surface area (Å²) in [6.45, 7) is 4.55. The highest BCUT2D eigenvalue weighted by Gasteiger charge is 2.19. The molecule has 2 aromatic carbocycles. The second-order valence-electron chi connectivity index (χ2n) is 5.63. The summed E-state index contributed by atoms with van der Waals surface area (Å²) in [7, 11) is 0. The van der Waals surface area contributed by atoms with Gasteiger partial charge in [0.1, 0.15) is 0 Å². The van der Waals surface area contributed by atoms with Crippen LogP contribution in [0.3, 0.4) is 0 Å². The second-order valence-corrected chi connectivity index (χ2v) is 5.63. The normalized spacial score (nSPS) is 10.9. The summed E-state index contributed by atoms with van der Waals surface area (Å²) in [5.41, 5.74) is 1.58. The van der Waals surface area contributed by atoms with Gasteiger partial charge in [-0.25, -0.2) is 0 Å². The van der Waals surface area contributed by atoms with Crippen molar-refractivity contribution in [3.05, 3.63) is 65.2 Å². The van der Waals surface area contributed by atoms with Crippen molar-refractivity contribution in [3.8, 4) is 11.5 Å². The first-order valence-corrected chi connectivity index (χ1v) is 8.40. The van der Waals surface area contributed by atoms with Crippen molar-refractivity contribution in [1.29, 1.82) is 0 Å². The van der Waals surface area contributed by atoms with Crippen molar-refractivity contribution in [2.24, 2.45) is 0 Å². The SMILES string of the molecule is CC=Cc1ccc(C(=O)c2ccccc2)c(O)c1OCCCCC. The van der Waals surface area contributed by atoms with Gasteiger partial charge in [0.05, 0.1) is 12.2 Å². The van der Waals surface area contributed by atoms with Crippen LogP contribution in [0.4, 0.5) is 0 Å². The maximum Gasteiger partial charge on any atom is 0.196 e. The van der Waals surface area contributed by atoms with E-state index in [-0.39, 0.29) is 17.1 Å². The summed E-state index contributed by atoms with van der Waals surface area (Å²) in [6, 6.07) is 12.4. The predicted molar refractivity (Wildman–Crippen MR) is 97.7 cm³/mol. The number of aromatic hydroxyl groups is 1. The minimum Gasteiger partial charge on any atom is -0.504 e.